The quantitative estimate of drug-likeness (QED) is 0.271. The molecule has 6 nitrogen and oxygen atoms in total. The number of unbranched alkanes of at least 4 members (excludes halogenated alkanes) is 1. The first-order valence-electron chi connectivity index (χ1n) is 12.2. The lowest BCUT2D eigenvalue weighted by Crippen LogP contribution is -2.39. The molecule has 1 aliphatic heterocycles. The van der Waals surface area contributed by atoms with Gasteiger partial charge in [-0.2, -0.15) is 0 Å². The fourth-order valence-corrected chi connectivity index (χ4v) is 4.76. The predicted molar refractivity (Wildman–Crippen MR) is 142 cm³/mol. The number of benzene rings is 3. The second-order valence-electron chi connectivity index (χ2n) is 8.79. The average molecular weight is 506 g/mol. The minimum absolute atomic E-state index is 0.193. The lowest BCUT2D eigenvalue weighted by molar-refractivity contribution is -0.115. The number of aryl methyl sites for hydroxylation is 1. The number of carbonyl (C=O) groups is 2. The Kier molecular flexibility index (Phi) is 8.54. The molecule has 1 N–H and O–H groups in total. The number of rotatable bonds is 12. The van der Waals surface area contributed by atoms with Crippen LogP contribution in [0.4, 0.5) is 4.79 Å². The summed E-state index contributed by atoms with van der Waals surface area (Å²) in [5.74, 6) is 3.25. The highest BCUT2D eigenvalue weighted by Crippen LogP contribution is 2.34. The summed E-state index contributed by atoms with van der Waals surface area (Å²) in [7, 11) is 0. The Hall–Kier alpha value is -3.45. The van der Waals surface area contributed by atoms with E-state index in [1.807, 2.05) is 66.7 Å². The fraction of sp³-hybridized carbons (Fsp3) is 0.310. The molecule has 1 heterocycles. The van der Waals surface area contributed by atoms with Gasteiger partial charge in [0.1, 0.15) is 28.5 Å². The van der Waals surface area contributed by atoms with Gasteiger partial charge in [0, 0.05) is 11.8 Å². The SMILES string of the molecule is CCCc1cc(Oc2ccccc2)ccc1OCCCCOc1ccc(C2(C)NC(=O)SC2=O)cc1. The largest absolute Gasteiger partial charge is 0.494 e. The molecular weight excluding hydrogens is 474 g/mol. The second-order valence-corrected chi connectivity index (χ2v) is 9.74. The molecule has 4 rings (SSSR count). The Bertz CT molecular complexity index is 1180. The molecule has 1 aliphatic rings. The topological polar surface area (TPSA) is 73.9 Å². The van der Waals surface area contributed by atoms with Gasteiger partial charge in [-0.15, -0.1) is 0 Å². The highest BCUT2D eigenvalue weighted by atomic mass is 32.2. The van der Waals surface area contributed by atoms with Crippen molar-refractivity contribution in [3.8, 4) is 23.0 Å². The first kappa shape index (κ1) is 25.6. The number of hydrogen-bond acceptors (Lipinski definition) is 6. The van der Waals surface area contributed by atoms with E-state index in [2.05, 4.69) is 18.3 Å². The molecule has 0 spiro atoms. The fourth-order valence-electron chi connectivity index (χ4n) is 3.97. The van der Waals surface area contributed by atoms with E-state index in [9.17, 15) is 9.59 Å². The summed E-state index contributed by atoms with van der Waals surface area (Å²) in [6, 6.07) is 23.0. The van der Waals surface area contributed by atoms with Gasteiger partial charge in [0.2, 0.25) is 5.12 Å². The number of amides is 1. The van der Waals surface area contributed by atoms with Crippen molar-refractivity contribution in [1.82, 2.24) is 5.32 Å². The molecule has 0 aliphatic carbocycles. The maximum atomic E-state index is 12.1. The summed E-state index contributed by atoms with van der Waals surface area (Å²) in [5.41, 5.74) is 0.904. The Morgan fingerprint density at radius 2 is 1.53 bits per heavy atom. The zero-order chi connectivity index (χ0) is 25.4. The maximum Gasteiger partial charge on any atom is 0.287 e. The smallest absolute Gasteiger partial charge is 0.287 e. The predicted octanol–water partition coefficient (Wildman–Crippen LogP) is 6.87. The highest BCUT2D eigenvalue weighted by Gasteiger charge is 2.44. The monoisotopic (exact) mass is 505 g/mol. The second kappa shape index (κ2) is 12.0. The molecular formula is C29H31NO5S. The van der Waals surface area contributed by atoms with Crippen LogP contribution < -0.4 is 19.5 Å². The highest BCUT2D eigenvalue weighted by molar-refractivity contribution is 8.26. The van der Waals surface area contributed by atoms with Gasteiger partial charge in [-0.05, 0) is 79.8 Å². The molecule has 0 bridgehead atoms. The van der Waals surface area contributed by atoms with Gasteiger partial charge in [0.15, 0.2) is 0 Å². The molecule has 0 radical (unpaired) electrons. The van der Waals surface area contributed by atoms with E-state index < -0.39 is 5.54 Å². The Balaban J connectivity index is 1.21. The van der Waals surface area contributed by atoms with Crippen molar-refractivity contribution >= 4 is 22.1 Å². The molecule has 3 aromatic rings. The first-order chi connectivity index (χ1) is 17.5. The van der Waals surface area contributed by atoms with Crippen LogP contribution in [0.5, 0.6) is 23.0 Å². The molecule has 0 aromatic heterocycles. The van der Waals surface area contributed by atoms with E-state index in [1.165, 1.54) is 0 Å². The van der Waals surface area contributed by atoms with Crippen LogP contribution in [0.25, 0.3) is 0 Å². The third kappa shape index (κ3) is 6.40. The minimum Gasteiger partial charge on any atom is -0.494 e. The molecule has 3 aromatic carbocycles. The molecule has 7 heteroatoms. The minimum atomic E-state index is -0.986. The number of ether oxygens (including phenoxy) is 3. The van der Waals surface area contributed by atoms with E-state index in [1.54, 1.807) is 6.92 Å². The van der Waals surface area contributed by atoms with Crippen LogP contribution in [0.15, 0.2) is 72.8 Å². The maximum absolute atomic E-state index is 12.1. The molecule has 1 atom stereocenters. The summed E-state index contributed by atoms with van der Waals surface area (Å²) in [6.45, 7) is 5.05. The van der Waals surface area contributed by atoms with Crippen molar-refractivity contribution in [2.45, 2.75) is 45.1 Å². The van der Waals surface area contributed by atoms with Crippen LogP contribution in [-0.2, 0) is 16.8 Å². The van der Waals surface area contributed by atoms with Crippen molar-refractivity contribution in [2.75, 3.05) is 13.2 Å². The number of thioether (sulfide) groups is 1. The van der Waals surface area contributed by atoms with Crippen molar-refractivity contribution in [1.29, 1.82) is 0 Å². The number of hydrogen-bond donors (Lipinski definition) is 1. The van der Waals surface area contributed by atoms with E-state index in [4.69, 9.17) is 14.2 Å². The van der Waals surface area contributed by atoms with E-state index in [0.29, 0.717) is 25.0 Å². The number of para-hydroxylation sites is 1. The lowest BCUT2D eigenvalue weighted by Gasteiger charge is -2.21. The Labute approximate surface area is 216 Å². The molecule has 1 unspecified atom stereocenters. The van der Waals surface area contributed by atoms with Crippen LogP contribution in [0.2, 0.25) is 0 Å². The third-order valence-electron chi connectivity index (χ3n) is 5.97. The molecule has 1 fully saturated rings. The summed E-state index contributed by atoms with van der Waals surface area (Å²) in [4.78, 5) is 23.7. The van der Waals surface area contributed by atoms with Gasteiger partial charge in [0.05, 0.1) is 13.2 Å². The van der Waals surface area contributed by atoms with E-state index >= 15 is 0 Å². The van der Waals surface area contributed by atoms with Crippen LogP contribution in [0.3, 0.4) is 0 Å². The third-order valence-corrected chi connectivity index (χ3v) is 6.85. The Morgan fingerprint density at radius 3 is 2.19 bits per heavy atom. The van der Waals surface area contributed by atoms with Crippen molar-refractivity contribution in [3.63, 3.8) is 0 Å². The van der Waals surface area contributed by atoms with Crippen LogP contribution >= 0.6 is 11.8 Å². The van der Waals surface area contributed by atoms with Crippen molar-refractivity contribution in [2.24, 2.45) is 0 Å². The van der Waals surface area contributed by atoms with Crippen molar-refractivity contribution in [3.05, 3.63) is 83.9 Å². The number of nitrogens with one attached hydrogen (secondary N) is 1. The summed E-state index contributed by atoms with van der Waals surface area (Å²) in [5, 5.41) is 2.22. The number of carbonyl (C=O) groups excluding carboxylic acids is 2. The normalized spacial score (nSPS) is 17.1. The van der Waals surface area contributed by atoms with Gasteiger partial charge in [-0.3, -0.25) is 9.59 Å². The van der Waals surface area contributed by atoms with Crippen LogP contribution in [0, 0.1) is 0 Å². The van der Waals surface area contributed by atoms with Gasteiger partial charge < -0.3 is 19.5 Å². The summed E-state index contributed by atoms with van der Waals surface area (Å²) in [6.07, 6.45) is 3.66. The standard InChI is InChI=1S/C29H31NO5S/c1-3-9-21-20-25(35-24-10-5-4-6-11-24)16-17-26(21)34-19-8-7-18-33-23-14-12-22(13-15-23)29(2)27(31)36-28(32)30-29/h4-6,10-17,20H,3,7-9,18-19H2,1-2H3,(H,30,32). The van der Waals surface area contributed by atoms with Gasteiger partial charge in [-0.1, -0.05) is 43.7 Å². The van der Waals surface area contributed by atoms with Crippen LogP contribution in [0.1, 0.15) is 44.2 Å². The van der Waals surface area contributed by atoms with Crippen LogP contribution in [-0.4, -0.2) is 23.6 Å². The zero-order valence-electron chi connectivity index (χ0n) is 20.6. The van der Waals surface area contributed by atoms with Gasteiger partial charge in [-0.25, -0.2) is 0 Å². The molecule has 1 amide bonds. The van der Waals surface area contributed by atoms with E-state index in [0.717, 1.165) is 59.8 Å². The average Bonchev–Trinajstić information content (AvgIpc) is 3.15. The Morgan fingerprint density at radius 1 is 0.833 bits per heavy atom. The molecule has 1 saturated heterocycles. The molecule has 0 saturated carbocycles. The summed E-state index contributed by atoms with van der Waals surface area (Å²) < 4.78 is 17.9. The molecule has 36 heavy (non-hydrogen) atoms. The summed E-state index contributed by atoms with van der Waals surface area (Å²) >= 11 is 0.712. The lowest BCUT2D eigenvalue weighted by atomic mass is 9.94. The van der Waals surface area contributed by atoms with Gasteiger partial charge >= 0.3 is 0 Å². The van der Waals surface area contributed by atoms with Crippen molar-refractivity contribution < 1.29 is 23.8 Å². The molecule has 188 valence electrons. The van der Waals surface area contributed by atoms with E-state index in [-0.39, 0.29) is 10.4 Å². The zero-order valence-corrected chi connectivity index (χ0v) is 21.4. The van der Waals surface area contributed by atoms with Gasteiger partial charge in [0.25, 0.3) is 5.24 Å². The first-order valence-corrected chi connectivity index (χ1v) is 13.1.